The molecule has 4 heteroatoms. The number of nitrogens with zero attached hydrogens (tertiary/aromatic N) is 1. The zero-order chi connectivity index (χ0) is 7.56. The molecule has 0 bridgehead atoms. The van der Waals surface area contributed by atoms with Gasteiger partial charge in [0.15, 0.2) is 0 Å². The van der Waals surface area contributed by atoms with Crippen molar-refractivity contribution in [3.8, 4) is 11.9 Å². The minimum absolute atomic E-state index is 0.0691. The number of aromatic hydroxyl groups is 1. The molecule has 0 aliphatic heterocycles. The summed E-state index contributed by atoms with van der Waals surface area (Å²) >= 11 is 0. The Kier molecular flexibility index (Phi) is 1.42. The van der Waals surface area contributed by atoms with Crippen LogP contribution in [0, 0.1) is 11.3 Å². The molecule has 1 aromatic rings. The van der Waals surface area contributed by atoms with E-state index in [0.29, 0.717) is 0 Å². The lowest BCUT2D eigenvalue weighted by Gasteiger charge is -1.90. The fourth-order valence-corrected chi connectivity index (χ4v) is 0.554. The van der Waals surface area contributed by atoms with E-state index in [-0.39, 0.29) is 11.4 Å². The molecule has 50 valence electrons. The lowest BCUT2D eigenvalue weighted by Crippen LogP contribution is -2.02. The second kappa shape index (κ2) is 2.23. The van der Waals surface area contributed by atoms with Gasteiger partial charge in [-0.25, -0.2) is 0 Å². The molecule has 10 heavy (non-hydrogen) atoms. The topological polar surface area (TPSA) is 76.9 Å². The highest BCUT2D eigenvalue weighted by Crippen LogP contribution is 2.06. The van der Waals surface area contributed by atoms with E-state index in [2.05, 4.69) is 4.98 Å². The standard InChI is InChI=1S/C6H4N2O2/c7-3-4-1-2-5(9)8-6(4)10/h1-2H,(H2,8,9,10). The van der Waals surface area contributed by atoms with E-state index in [1.54, 1.807) is 6.07 Å². The summed E-state index contributed by atoms with van der Waals surface area (Å²) < 4.78 is 0. The number of rotatable bonds is 0. The molecule has 0 saturated heterocycles. The van der Waals surface area contributed by atoms with Gasteiger partial charge in [-0.05, 0) is 6.07 Å². The number of hydrogen-bond donors (Lipinski definition) is 2. The molecule has 1 heterocycles. The molecule has 1 aromatic heterocycles. The van der Waals surface area contributed by atoms with Gasteiger partial charge < -0.3 is 5.11 Å². The molecule has 0 amide bonds. The number of aromatic amines is 1. The SMILES string of the molecule is N#Cc1ccc(=O)[nH]c1O. The van der Waals surface area contributed by atoms with Gasteiger partial charge in [0.1, 0.15) is 11.6 Å². The van der Waals surface area contributed by atoms with Gasteiger partial charge in [0.25, 0.3) is 5.56 Å². The molecule has 0 spiro atoms. The van der Waals surface area contributed by atoms with E-state index in [1.807, 2.05) is 0 Å². The largest absolute Gasteiger partial charge is 0.494 e. The molecular formula is C6H4N2O2. The van der Waals surface area contributed by atoms with E-state index in [1.165, 1.54) is 12.1 Å². The average Bonchev–Trinajstić information content (AvgIpc) is 1.88. The van der Waals surface area contributed by atoms with Gasteiger partial charge in [-0.15, -0.1) is 0 Å². The van der Waals surface area contributed by atoms with Crippen molar-refractivity contribution in [1.82, 2.24) is 4.98 Å². The molecule has 0 saturated carbocycles. The highest BCUT2D eigenvalue weighted by atomic mass is 16.3. The lowest BCUT2D eigenvalue weighted by molar-refractivity contribution is 0.450. The van der Waals surface area contributed by atoms with Crippen molar-refractivity contribution in [2.75, 3.05) is 0 Å². The molecular weight excluding hydrogens is 132 g/mol. The summed E-state index contributed by atoms with van der Waals surface area (Å²) in [5.74, 6) is -0.380. The maximum atomic E-state index is 10.4. The first-order chi connectivity index (χ1) is 4.74. The third-order valence-corrected chi connectivity index (χ3v) is 1.02. The monoisotopic (exact) mass is 136 g/mol. The average molecular weight is 136 g/mol. The molecule has 2 N–H and O–H groups in total. The third kappa shape index (κ3) is 0.977. The number of nitriles is 1. The first-order valence-electron chi connectivity index (χ1n) is 2.56. The zero-order valence-electron chi connectivity index (χ0n) is 4.96. The van der Waals surface area contributed by atoms with Gasteiger partial charge >= 0.3 is 0 Å². The smallest absolute Gasteiger partial charge is 0.250 e. The van der Waals surface area contributed by atoms with Crippen LogP contribution in [0.25, 0.3) is 0 Å². The highest BCUT2D eigenvalue weighted by Gasteiger charge is 1.97. The fraction of sp³-hybridized carbons (Fsp3) is 0. The van der Waals surface area contributed by atoms with Crippen LogP contribution in [-0.2, 0) is 0 Å². The van der Waals surface area contributed by atoms with E-state index in [4.69, 9.17) is 10.4 Å². The molecule has 0 unspecified atom stereocenters. The molecule has 0 aromatic carbocycles. The molecule has 0 aliphatic rings. The van der Waals surface area contributed by atoms with E-state index < -0.39 is 5.56 Å². The third-order valence-electron chi connectivity index (χ3n) is 1.02. The number of aromatic nitrogens is 1. The summed E-state index contributed by atoms with van der Waals surface area (Å²) in [4.78, 5) is 12.5. The Morgan fingerprint density at radius 1 is 1.60 bits per heavy atom. The maximum Gasteiger partial charge on any atom is 0.250 e. The van der Waals surface area contributed by atoms with Crippen molar-refractivity contribution in [3.63, 3.8) is 0 Å². The highest BCUT2D eigenvalue weighted by molar-refractivity contribution is 5.35. The number of hydrogen-bond acceptors (Lipinski definition) is 3. The van der Waals surface area contributed by atoms with Gasteiger partial charge in [-0.1, -0.05) is 0 Å². The van der Waals surface area contributed by atoms with Gasteiger partial charge in [-0.3, -0.25) is 9.78 Å². The van der Waals surface area contributed by atoms with Crippen molar-refractivity contribution in [2.45, 2.75) is 0 Å². The Morgan fingerprint density at radius 3 is 2.80 bits per heavy atom. The van der Waals surface area contributed by atoms with Crippen LogP contribution in [0.3, 0.4) is 0 Å². The Labute approximate surface area is 56.4 Å². The van der Waals surface area contributed by atoms with Crippen LogP contribution in [0.4, 0.5) is 0 Å². The maximum absolute atomic E-state index is 10.4. The van der Waals surface area contributed by atoms with Crippen LogP contribution in [0.2, 0.25) is 0 Å². The molecule has 4 nitrogen and oxygen atoms in total. The first kappa shape index (κ1) is 6.36. The van der Waals surface area contributed by atoms with Gasteiger partial charge in [-0.2, -0.15) is 5.26 Å². The van der Waals surface area contributed by atoms with Gasteiger partial charge in [0.05, 0.1) is 0 Å². The minimum atomic E-state index is -0.420. The zero-order valence-corrected chi connectivity index (χ0v) is 4.96. The lowest BCUT2D eigenvalue weighted by atomic mass is 10.3. The summed E-state index contributed by atoms with van der Waals surface area (Å²) in [5, 5.41) is 17.1. The van der Waals surface area contributed by atoms with Crippen LogP contribution >= 0.6 is 0 Å². The molecule has 0 atom stereocenters. The predicted octanol–water partition coefficient (Wildman–Crippen LogP) is -0.0478. The Bertz CT molecular complexity index is 334. The number of nitrogens with one attached hydrogen (secondary N) is 1. The number of pyridine rings is 1. The van der Waals surface area contributed by atoms with Crippen molar-refractivity contribution in [1.29, 1.82) is 5.26 Å². The summed E-state index contributed by atoms with van der Waals surface area (Å²) in [6, 6.07) is 4.14. The van der Waals surface area contributed by atoms with Crippen LogP contribution < -0.4 is 5.56 Å². The minimum Gasteiger partial charge on any atom is -0.494 e. The molecule has 0 fully saturated rings. The normalized spacial score (nSPS) is 8.70. The van der Waals surface area contributed by atoms with Crippen LogP contribution in [0.1, 0.15) is 5.56 Å². The summed E-state index contributed by atoms with van der Waals surface area (Å²) in [5.41, 5.74) is -0.351. The fourth-order valence-electron chi connectivity index (χ4n) is 0.554. The van der Waals surface area contributed by atoms with Crippen molar-refractivity contribution >= 4 is 0 Å². The second-order valence-corrected chi connectivity index (χ2v) is 1.70. The van der Waals surface area contributed by atoms with Crippen LogP contribution in [0.15, 0.2) is 16.9 Å². The van der Waals surface area contributed by atoms with E-state index in [9.17, 15) is 4.79 Å². The number of H-pyrrole nitrogens is 1. The van der Waals surface area contributed by atoms with Gasteiger partial charge in [0, 0.05) is 6.07 Å². The quantitative estimate of drug-likeness (QED) is 0.525. The van der Waals surface area contributed by atoms with E-state index >= 15 is 0 Å². The molecule has 0 aliphatic carbocycles. The Hall–Kier alpha value is -1.76. The van der Waals surface area contributed by atoms with Crippen molar-refractivity contribution < 1.29 is 5.11 Å². The Morgan fingerprint density at radius 2 is 2.30 bits per heavy atom. The molecule has 0 radical (unpaired) electrons. The summed E-state index contributed by atoms with van der Waals surface area (Å²) in [6.45, 7) is 0. The predicted molar refractivity (Wildman–Crippen MR) is 33.4 cm³/mol. The Balaban J connectivity index is 3.37. The van der Waals surface area contributed by atoms with E-state index in [0.717, 1.165) is 0 Å². The first-order valence-corrected chi connectivity index (χ1v) is 2.56. The summed E-state index contributed by atoms with van der Waals surface area (Å²) in [7, 11) is 0. The van der Waals surface area contributed by atoms with Crippen molar-refractivity contribution in [2.24, 2.45) is 0 Å². The molecule has 1 rings (SSSR count). The van der Waals surface area contributed by atoms with Crippen LogP contribution in [0.5, 0.6) is 5.88 Å². The second-order valence-electron chi connectivity index (χ2n) is 1.70. The van der Waals surface area contributed by atoms with Crippen LogP contribution in [-0.4, -0.2) is 10.1 Å². The summed E-state index contributed by atoms with van der Waals surface area (Å²) in [6.07, 6.45) is 0. The van der Waals surface area contributed by atoms with Crippen molar-refractivity contribution in [3.05, 3.63) is 28.0 Å². The van der Waals surface area contributed by atoms with Gasteiger partial charge in [0.2, 0.25) is 5.88 Å².